The van der Waals surface area contributed by atoms with Gasteiger partial charge in [-0.1, -0.05) is 0 Å². The molecule has 0 aromatic heterocycles. The van der Waals surface area contributed by atoms with E-state index in [9.17, 15) is 8.42 Å². The van der Waals surface area contributed by atoms with Crippen LogP contribution in [0, 0.1) is 13.8 Å². The number of benzene rings is 1. The Bertz CT molecular complexity index is 570. The van der Waals surface area contributed by atoms with Gasteiger partial charge in [-0.2, -0.15) is 0 Å². The van der Waals surface area contributed by atoms with Crippen molar-refractivity contribution < 1.29 is 13.2 Å². The van der Waals surface area contributed by atoms with Crippen LogP contribution in [0.4, 0.5) is 5.69 Å². The third-order valence-electron chi connectivity index (χ3n) is 3.59. The van der Waals surface area contributed by atoms with Crippen LogP contribution in [0.15, 0.2) is 17.0 Å². The lowest BCUT2D eigenvalue weighted by molar-refractivity contribution is 0.0774. The molecule has 1 atom stereocenters. The molecule has 118 valence electrons. The summed E-state index contributed by atoms with van der Waals surface area (Å²) >= 11 is 0. The summed E-state index contributed by atoms with van der Waals surface area (Å²) in [5, 5.41) is 3.21. The van der Waals surface area contributed by atoms with Gasteiger partial charge in [0.05, 0.1) is 11.5 Å². The number of ether oxygens (including phenoxy) is 1. The molecule has 6 heteroatoms. The van der Waals surface area contributed by atoms with Crippen LogP contribution >= 0.6 is 0 Å². The number of nitrogens with one attached hydrogen (secondary N) is 2. The molecule has 0 spiro atoms. The summed E-state index contributed by atoms with van der Waals surface area (Å²) in [6, 6.07) is 3.63. The maximum absolute atomic E-state index is 12.6. The van der Waals surface area contributed by atoms with Crippen LogP contribution in [0.3, 0.4) is 0 Å². The number of aryl methyl sites for hydroxylation is 2. The van der Waals surface area contributed by atoms with Crippen LogP contribution in [0.5, 0.6) is 0 Å². The summed E-state index contributed by atoms with van der Waals surface area (Å²) in [6.45, 7) is 7.66. The van der Waals surface area contributed by atoms with Crippen LogP contribution in [-0.4, -0.2) is 34.2 Å². The van der Waals surface area contributed by atoms with Crippen molar-refractivity contribution in [3.8, 4) is 0 Å². The fraction of sp³-hybridized carbons (Fsp3) is 0.600. The van der Waals surface area contributed by atoms with E-state index in [1.807, 2.05) is 32.9 Å². The molecule has 0 radical (unpaired) electrons. The van der Waals surface area contributed by atoms with Crippen molar-refractivity contribution in [2.45, 2.75) is 44.6 Å². The second-order valence-electron chi connectivity index (χ2n) is 5.50. The molecule has 0 bridgehead atoms. The van der Waals surface area contributed by atoms with Gasteiger partial charge in [-0.05, 0) is 56.9 Å². The monoisotopic (exact) mass is 312 g/mol. The second kappa shape index (κ2) is 6.77. The highest BCUT2D eigenvalue weighted by Gasteiger charge is 2.25. The zero-order chi connectivity index (χ0) is 15.5. The lowest BCUT2D eigenvalue weighted by Crippen LogP contribution is -2.41. The quantitative estimate of drug-likeness (QED) is 0.874. The first-order chi connectivity index (χ1) is 9.94. The minimum atomic E-state index is -3.51. The van der Waals surface area contributed by atoms with Crippen molar-refractivity contribution in [3.05, 3.63) is 23.3 Å². The molecule has 2 rings (SSSR count). The van der Waals surface area contributed by atoms with Gasteiger partial charge in [0.2, 0.25) is 10.0 Å². The van der Waals surface area contributed by atoms with Gasteiger partial charge in [-0.3, -0.25) is 0 Å². The van der Waals surface area contributed by atoms with Gasteiger partial charge in [-0.15, -0.1) is 0 Å². The van der Waals surface area contributed by atoms with Gasteiger partial charge in [0.1, 0.15) is 0 Å². The van der Waals surface area contributed by atoms with E-state index in [0.717, 1.165) is 36.2 Å². The van der Waals surface area contributed by atoms with Crippen LogP contribution in [0.1, 0.15) is 30.9 Å². The Labute approximate surface area is 127 Å². The minimum absolute atomic E-state index is 0.129. The number of anilines is 1. The fourth-order valence-corrected chi connectivity index (χ4v) is 4.50. The first-order valence-electron chi connectivity index (χ1n) is 7.39. The molecule has 1 aromatic rings. The number of hydrogen-bond acceptors (Lipinski definition) is 4. The Balaban J connectivity index is 2.26. The standard InChI is InChI=1S/C15H24N2O3S/c1-4-16-14-8-11(2)15(12(3)9-14)21(18,19)17-13-6-5-7-20-10-13/h8-9,13,16-17H,4-7,10H2,1-3H3. The maximum atomic E-state index is 12.6. The van der Waals surface area contributed by atoms with Gasteiger partial charge in [0.25, 0.3) is 0 Å². The topological polar surface area (TPSA) is 67.4 Å². The highest BCUT2D eigenvalue weighted by Crippen LogP contribution is 2.25. The largest absolute Gasteiger partial charge is 0.385 e. The van der Waals surface area contributed by atoms with Crippen molar-refractivity contribution >= 4 is 15.7 Å². The Kier molecular flexibility index (Phi) is 5.24. The average molecular weight is 312 g/mol. The van der Waals surface area contributed by atoms with Gasteiger partial charge in [0, 0.05) is 24.9 Å². The van der Waals surface area contributed by atoms with Gasteiger partial charge >= 0.3 is 0 Å². The van der Waals surface area contributed by atoms with E-state index >= 15 is 0 Å². The average Bonchev–Trinajstić information content (AvgIpc) is 2.38. The van der Waals surface area contributed by atoms with Crippen LogP contribution in [0.25, 0.3) is 0 Å². The molecule has 0 aliphatic carbocycles. The number of hydrogen-bond donors (Lipinski definition) is 2. The van der Waals surface area contributed by atoms with E-state index in [1.54, 1.807) is 0 Å². The molecule has 1 aromatic carbocycles. The molecule has 2 N–H and O–H groups in total. The first kappa shape index (κ1) is 16.3. The van der Waals surface area contributed by atoms with Gasteiger partial charge in [-0.25, -0.2) is 13.1 Å². The third kappa shape index (κ3) is 3.96. The Morgan fingerprint density at radius 1 is 1.29 bits per heavy atom. The Morgan fingerprint density at radius 3 is 2.48 bits per heavy atom. The second-order valence-corrected chi connectivity index (χ2v) is 7.16. The zero-order valence-electron chi connectivity index (χ0n) is 12.9. The SMILES string of the molecule is CCNc1cc(C)c(S(=O)(=O)NC2CCCOC2)c(C)c1. The van der Waals surface area contributed by atoms with Crippen molar-refractivity contribution in [2.24, 2.45) is 0 Å². The van der Waals surface area contributed by atoms with Gasteiger partial charge < -0.3 is 10.1 Å². The molecule has 1 unspecified atom stereocenters. The predicted molar refractivity (Wildman–Crippen MR) is 84.2 cm³/mol. The molecule has 21 heavy (non-hydrogen) atoms. The summed E-state index contributed by atoms with van der Waals surface area (Å²) in [6.07, 6.45) is 1.72. The summed E-state index contributed by atoms with van der Waals surface area (Å²) in [4.78, 5) is 0.384. The highest BCUT2D eigenvalue weighted by atomic mass is 32.2. The first-order valence-corrected chi connectivity index (χ1v) is 8.87. The van der Waals surface area contributed by atoms with Crippen molar-refractivity contribution in [1.82, 2.24) is 4.72 Å². The van der Waals surface area contributed by atoms with Crippen LogP contribution in [-0.2, 0) is 14.8 Å². The maximum Gasteiger partial charge on any atom is 0.241 e. The van der Waals surface area contributed by atoms with Crippen LogP contribution in [0.2, 0.25) is 0 Å². The Morgan fingerprint density at radius 2 is 1.95 bits per heavy atom. The van der Waals surface area contributed by atoms with Crippen molar-refractivity contribution in [3.63, 3.8) is 0 Å². The lowest BCUT2D eigenvalue weighted by atomic mass is 10.1. The molecule has 5 nitrogen and oxygen atoms in total. The fourth-order valence-electron chi connectivity index (χ4n) is 2.79. The number of rotatable bonds is 5. The normalized spacial score (nSPS) is 19.5. The molecule has 1 heterocycles. The summed E-state index contributed by atoms with van der Waals surface area (Å²) < 4.78 is 33.4. The molecule has 1 fully saturated rings. The summed E-state index contributed by atoms with van der Waals surface area (Å²) in [5.74, 6) is 0. The van der Waals surface area contributed by atoms with E-state index in [-0.39, 0.29) is 6.04 Å². The minimum Gasteiger partial charge on any atom is -0.385 e. The molecular weight excluding hydrogens is 288 g/mol. The van der Waals surface area contributed by atoms with Gasteiger partial charge in [0.15, 0.2) is 0 Å². The van der Waals surface area contributed by atoms with Crippen LogP contribution < -0.4 is 10.0 Å². The molecule has 0 amide bonds. The summed E-state index contributed by atoms with van der Waals surface area (Å²) in [7, 11) is -3.51. The van der Waals surface area contributed by atoms with E-state index < -0.39 is 10.0 Å². The van der Waals surface area contributed by atoms with Crippen molar-refractivity contribution in [1.29, 1.82) is 0 Å². The Hall–Kier alpha value is -1.11. The summed E-state index contributed by atoms with van der Waals surface area (Å²) in [5.41, 5.74) is 2.47. The molecule has 1 aliphatic rings. The molecular formula is C15H24N2O3S. The van der Waals surface area contributed by atoms with E-state index in [0.29, 0.717) is 18.1 Å². The smallest absolute Gasteiger partial charge is 0.241 e. The molecule has 1 saturated heterocycles. The highest BCUT2D eigenvalue weighted by molar-refractivity contribution is 7.89. The molecule has 1 aliphatic heterocycles. The number of sulfonamides is 1. The van der Waals surface area contributed by atoms with E-state index in [1.165, 1.54) is 0 Å². The van der Waals surface area contributed by atoms with E-state index in [4.69, 9.17) is 4.74 Å². The predicted octanol–water partition coefficient (Wildman–Crippen LogP) is 2.19. The lowest BCUT2D eigenvalue weighted by Gasteiger charge is -2.24. The van der Waals surface area contributed by atoms with E-state index in [2.05, 4.69) is 10.0 Å². The molecule has 0 saturated carbocycles. The third-order valence-corrected chi connectivity index (χ3v) is 5.42. The zero-order valence-corrected chi connectivity index (χ0v) is 13.7. The van der Waals surface area contributed by atoms with Crippen molar-refractivity contribution in [2.75, 3.05) is 25.1 Å².